The van der Waals surface area contributed by atoms with Crippen molar-refractivity contribution in [2.45, 2.75) is 39.5 Å². The first-order valence-electron chi connectivity index (χ1n) is 38.5. The summed E-state index contributed by atoms with van der Waals surface area (Å²) in [5.74, 6) is 0.321. The summed E-state index contributed by atoms with van der Waals surface area (Å²) >= 11 is 0. The van der Waals surface area contributed by atoms with Gasteiger partial charge >= 0.3 is 0 Å². The van der Waals surface area contributed by atoms with Gasteiger partial charge in [0.25, 0.3) is 0 Å². The maximum Gasteiger partial charge on any atom is 0.160 e. The van der Waals surface area contributed by atoms with E-state index in [-0.39, 0.29) is 11.8 Å². The summed E-state index contributed by atoms with van der Waals surface area (Å²) < 4.78 is 39.1. The Morgan fingerprint density at radius 2 is 0.564 bits per heavy atom. The van der Waals surface area contributed by atoms with Gasteiger partial charge in [0.1, 0.15) is 33.5 Å². The Bertz CT molecular complexity index is 9080. The minimum atomic E-state index is 0.156. The monoisotopic (exact) mass is 1400 g/mol. The van der Waals surface area contributed by atoms with Crippen LogP contribution in [0.25, 0.3) is 274 Å². The fourth-order valence-corrected chi connectivity index (χ4v) is 21.8. The van der Waals surface area contributed by atoms with Crippen molar-refractivity contribution < 1.29 is 17.7 Å². The number of hydrogen-bond donors (Lipinski definition) is 0. The Morgan fingerprint density at radius 1 is 0.200 bits per heavy atom. The van der Waals surface area contributed by atoms with Crippen LogP contribution in [0.3, 0.4) is 0 Å². The summed E-state index contributed by atoms with van der Waals surface area (Å²) in [5, 5.41) is 28.3. The molecule has 16 aromatic carbocycles. The molecule has 0 aliphatic heterocycles. The van der Waals surface area contributed by atoms with Crippen molar-refractivity contribution in [2.75, 3.05) is 0 Å². The van der Waals surface area contributed by atoms with Crippen molar-refractivity contribution in [3.63, 3.8) is 0 Å². The van der Waals surface area contributed by atoms with E-state index in [4.69, 9.17) is 17.7 Å². The predicted molar refractivity (Wildman–Crippen MR) is 459 cm³/mol. The highest BCUT2D eigenvalue weighted by atomic mass is 16.3. The van der Waals surface area contributed by atoms with Crippen LogP contribution >= 0.6 is 0 Å². The van der Waals surface area contributed by atoms with Crippen molar-refractivity contribution in [3.05, 3.63) is 278 Å². The summed E-state index contributed by atoms with van der Waals surface area (Å²) in [6.07, 6.45) is 0. The van der Waals surface area contributed by atoms with Crippen LogP contribution < -0.4 is 0 Å². The van der Waals surface area contributed by atoms with E-state index in [9.17, 15) is 0 Å². The maximum atomic E-state index is 7.56. The van der Waals surface area contributed by atoms with E-state index in [0.717, 1.165) is 165 Å². The molecule has 0 unspecified atom stereocenters. The van der Waals surface area contributed by atoms with Crippen LogP contribution in [-0.4, -0.2) is 17.6 Å². The first-order valence-corrected chi connectivity index (χ1v) is 38.5. The molecule has 12 aromatic heterocycles. The number of benzene rings is 16. The molecule has 0 aliphatic carbocycles. The Hall–Kier alpha value is -14.1. The fourth-order valence-electron chi connectivity index (χ4n) is 21.8. The highest BCUT2D eigenvalue weighted by molar-refractivity contribution is 6.43. The molecular formula is C102H58N4O4. The van der Waals surface area contributed by atoms with E-state index < -0.39 is 0 Å². The van der Waals surface area contributed by atoms with Gasteiger partial charge in [0.15, 0.2) is 11.2 Å². The molecule has 0 amide bonds. The number of nitrogens with zero attached hydrogens (tertiary/aromatic N) is 4. The zero-order valence-corrected chi connectivity index (χ0v) is 60.0. The van der Waals surface area contributed by atoms with E-state index in [1.165, 1.54) is 120 Å². The fraction of sp³-hybridized carbons (Fsp3) is 0.0588. The standard InChI is InChI=1S/C102H58N4O4/c1-49(2)79-84-68-30-19-28-60-62-43-45-64-58-41-40-54(46-78(58)110-102(64)94(62)106(90(60)68)96(84)80(50(3)4)83-67-29-18-27-59-61-42-44-63-55-22-10-15-33-75(55)109-101(63)93(61)105(89(59)67)95(79)83)51-36-38-53(39-37-51)82-86-72-48-70-57-24-12-17-35-77(57)108-100(70)88-65-25-8-13-31-73(65)103(92(72)88)97(86)81(52-20-6-5-7-21-52)85-71-47-69-56-23-11-16-34-76(56)107-99(69)87-66-26-9-14-32-74(66)104(91(71)87)98(82)85/h5-50H,1-4H3. The van der Waals surface area contributed by atoms with Crippen LogP contribution in [-0.2, 0) is 0 Å². The van der Waals surface area contributed by atoms with Gasteiger partial charge in [0.2, 0.25) is 0 Å². The van der Waals surface area contributed by atoms with E-state index in [0.29, 0.717) is 0 Å². The van der Waals surface area contributed by atoms with Crippen LogP contribution in [0.1, 0.15) is 50.7 Å². The van der Waals surface area contributed by atoms with Crippen molar-refractivity contribution in [1.82, 2.24) is 17.6 Å². The Balaban J connectivity index is 0.709. The number of furan rings is 4. The molecule has 110 heavy (non-hydrogen) atoms. The van der Waals surface area contributed by atoms with E-state index >= 15 is 0 Å². The molecule has 0 N–H and O–H groups in total. The lowest BCUT2D eigenvalue weighted by atomic mass is 9.87. The van der Waals surface area contributed by atoms with Crippen molar-refractivity contribution >= 4 is 240 Å². The van der Waals surface area contributed by atoms with E-state index in [2.05, 4.69) is 312 Å². The van der Waals surface area contributed by atoms with Crippen LogP contribution in [0.5, 0.6) is 0 Å². The average molecular weight is 1400 g/mol. The molecule has 0 atom stereocenters. The number of para-hydroxylation sites is 7. The lowest BCUT2D eigenvalue weighted by molar-refractivity contribution is 0.671. The Kier molecular flexibility index (Phi) is 10.1. The van der Waals surface area contributed by atoms with E-state index in [1.54, 1.807) is 0 Å². The van der Waals surface area contributed by atoms with Gasteiger partial charge in [-0.05, 0) is 112 Å². The average Bonchev–Trinajstić information content (AvgIpc) is 1.49. The minimum absolute atomic E-state index is 0.156. The highest BCUT2D eigenvalue weighted by Crippen LogP contribution is 2.59. The molecule has 12 heterocycles. The first-order chi connectivity index (χ1) is 54.3. The summed E-state index contributed by atoms with van der Waals surface area (Å²) in [7, 11) is 0. The SMILES string of the molecule is CC(C)c1c2c3cccc4c5ccc6c7ccccc7oc6c5n(c2c(C(C)C)c2c5cccc6c7ccc8c9ccc(-c%10ccc(-c%11c%12c%13cc%14c%15ccccc%15oc%14c%14c%15ccccc%15n(c%12c(-c%12ccccc%12)c%12c%15cc%16c%17ccccc%17oc%16c%16c%17ccccc%17n(c%11%12)c%15%16)c%13%14)cc%10)cc9oc8c7n(c12)c65)c43. The van der Waals surface area contributed by atoms with Gasteiger partial charge in [-0.1, -0.05) is 228 Å². The van der Waals surface area contributed by atoms with Gasteiger partial charge in [-0.3, -0.25) is 0 Å². The second-order valence-corrected chi connectivity index (χ2v) is 31.8. The molecule has 8 heteroatoms. The number of fused-ring (bicyclic) bond motifs is 40. The third-order valence-corrected chi connectivity index (χ3v) is 25.9. The third-order valence-electron chi connectivity index (χ3n) is 25.9. The Morgan fingerprint density at radius 3 is 1.06 bits per heavy atom. The smallest absolute Gasteiger partial charge is 0.160 e. The molecule has 28 aromatic rings. The Labute approximate surface area is 622 Å². The van der Waals surface area contributed by atoms with Gasteiger partial charge < -0.3 is 35.3 Å². The molecule has 0 fully saturated rings. The molecular weight excluding hydrogens is 1350 g/mol. The highest BCUT2D eigenvalue weighted by Gasteiger charge is 2.36. The van der Waals surface area contributed by atoms with Crippen molar-refractivity contribution in [2.24, 2.45) is 0 Å². The zero-order chi connectivity index (χ0) is 71.4. The maximum absolute atomic E-state index is 7.56. The molecule has 8 nitrogen and oxygen atoms in total. The predicted octanol–water partition coefficient (Wildman–Crippen LogP) is 29.1. The second kappa shape index (κ2) is 19.4. The molecule has 0 bridgehead atoms. The molecule has 0 aliphatic rings. The lowest BCUT2D eigenvalue weighted by Gasteiger charge is -2.19. The third kappa shape index (κ3) is 6.47. The summed E-state index contributed by atoms with van der Waals surface area (Å²) in [6, 6.07) is 99.1. The van der Waals surface area contributed by atoms with Crippen LogP contribution in [0, 0.1) is 0 Å². The molecule has 0 saturated carbocycles. The quantitative estimate of drug-likeness (QED) is 0.172. The summed E-state index contributed by atoms with van der Waals surface area (Å²) in [6.45, 7) is 9.57. The lowest BCUT2D eigenvalue weighted by Crippen LogP contribution is -2.01. The van der Waals surface area contributed by atoms with Gasteiger partial charge in [-0.2, -0.15) is 0 Å². The molecule has 0 radical (unpaired) electrons. The van der Waals surface area contributed by atoms with Crippen molar-refractivity contribution in [3.8, 4) is 33.4 Å². The molecule has 510 valence electrons. The van der Waals surface area contributed by atoms with Gasteiger partial charge in [-0.25, -0.2) is 0 Å². The van der Waals surface area contributed by atoms with E-state index in [1.807, 2.05) is 0 Å². The zero-order valence-electron chi connectivity index (χ0n) is 60.0. The number of aromatic nitrogens is 4. The molecule has 28 rings (SSSR count). The van der Waals surface area contributed by atoms with Crippen LogP contribution in [0.15, 0.2) is 285 Å². The van der Waals surface area contributed by atoms with Gasteiger partial charge in [-0.15, -0.1) is 0 Å². The van der Waals surface area contributed by atoms with Gasteiger partial charge in [0.05, 0.1) is 77.0 Å². The largest absolute Gasteiger partial charge is 0.455 e. The second-order valence-electron chi connectivity index (χ2n) is 31.8. The molecule has 0 spiro atoms. The molecule has 0 saturated heterocycles. The summed E-state index contributed by atoms with van der Waals surface area (Å²) in [5.41, 5.74) is 30.9. The topological polar surface area (TPSA) is 70.2 Å². The van der Waals surface area contributed by atoms with Crippen LogP contribution in [0.2, 0.25) is 0 Å². The normalized spacial score (nSPS) is 13.3. The minimum Gasteiger partial charge on any atom is -0.455 e. The van der Waals surface area contributed by atoms with Gasteiger partial charge in [0, 0.05) is 130 Å². The first kappa shape index (κ1) is 57.2. The number of rotatable bonds is 5. The number of hydrogen-bond acceptors (Lipinski definition) is 4. The van der Waals surface area contributed by atoms with Crippen molar-refractivity contribution in [1.29, 1.82) is 0 Å². The van der Waals surface area contributed by atoms with Crippen LogP contribution in [0.4, 0.5) is 0 Å². The summed E-state index contributed by atoms with van der Waals surface area (Å²) in [4.78, 5) is 0.